The Bertz CT molecular complexity index is 2540. The summed E-state index contributed by atoms with van der Waals surface area (Å²) in [5.41, 5.74) is 1.01. The zero-order chi connectivity index (χ0) is 39.7. The van der Waals surface area contributed by atoms with Crippen molar-refractivity contribution in [2.75, 3.05) is 0 Å². The van der Waals surface area contributed by atoms with E-state index in [1.54, 1.807) is 24.3 Å². The average Bonchev–Trinajstić information content (AvgIpc) is 3.15. The molecule has 0 atom stereocenters. The Morgan fingerprint density at radius 1 is 0.482 bits per heavy atom. The lowest BCUT2D eigenvalue weighted by molar-refractivity contribution is 0.130. The van der Waals surface area contributed by atoms with Crippen molar-refractivity contribution in [2.45, 2.75) is 85.9 Å². The normalized spacial score (nSPS) is 12.8. The van der Waals surface area contributed by atoms with Crippen LogP contribution in [0, 0.1) is 6.92 Å². The molecule has 7 aromatic rings. The highest BCUT2D eigenvalue weighted by atomic mass is 32.3. The van der Waals surface area contributed by atoms with Gasteiger partial charge in [-0.3, -0.25) is 0 Å². The molecule has 0 aliphatic rings. The SMILES string of the molecule is Cc1ccc(S(=O)(=O)OS(c2ccc(OCc3cc4ccccc4c4ccccc34)cc2)(c2cccc(OC(C)(C)C)c2)c2cccc(OC(C)(C)C)c2)cc1. The van der Waals surface area contributed by atoms with E-state index in [0.717, 1.165) is 21.9 Å². The van der Waals surface area contributed by atoms with E-state index in [0.29, 0.717) is 38.5 Å². The summed E-state index contributed by atoms with van der Waals surface area (Å²) < 4.78 is 55.0. The first kappa shape index (κ1) is 39.0. The van der Waals surface area contributed by atoms with Gasteiger partial charge in [0.05, 0.1) is 4.90 Å². The van der Waals surface area contributed by atoms with Crippen LogP contribution in [0.1, 0.15) is 52.7 Å². The highest BCUT2D eigenvalue weighted by Crippen LogP contribution is 2.71. The zero-order valence-corrected chi connectivity index (χ0v) is 34.5. The van der Waals surface area contributed by atoms with E-state index in [4.69, 9.17) is 17.8 Å². The van der Waals surface area contributed by atoms with Gasteiger partial charge in [0.25, 0.3) is 0 Å². The molecule has 0 fully saturated rings. The van der Waals surface area contributed by atoms with Gasteiger partial charge in [-0.1, -0.05) is 78.4 Å². The summed E-state index contributed by atoms with van der Waals surface area (Å²) in [6, 6.07) is 48.3. The van der Waals surface area contributed by atoms with Crippen molar-refractivity contribution >= 4 is 42.0 Å². The Labute approximate surface area is 332 Å². The third-order valence-electron chi connectivity index (χ3n) is 9.03. The van der Waals surface area contributed by atoms with Gasteiger partial charge in [-0.15, -0.1) is 0 Å². The van der Waals surface area contributed by atoms with Crippen molar-refractivity contribution in [1.29, 1.82) is 0 Å². The Kier molecular flexibility index (Phi) is 10.7. The molecule has 288 valence electrons. The minimum atomic E-state index is -4.35. The lowest BCUT2D eigenvalue weighted by Gasteiger charge is -2.40. The summed E-state index contributed by atoms with van der Waals surface area (Å²) >= 11 is 0. The number of rotatable bonds is 11. The van der Waals surface area contributed by atoms with Gasteiger partial charge in [-0.05, 0) is 165 Å². The van der Waals surface area contributed by atoms with Gasteiger partial charge in [0, 0.05) is 14.7 Å². The summed E-state index contributed by atoms with van der Waals surface area (Å²) in [4.78, 5) is 1.99. The van der Waals surface area contributed by atoms with Gasteiger partial charge in [-0.25, -0.2) is 3.63 Å². The maximum atomic E-state index is 14.5. The first-order valence-electron chi connectivity index (χ1n) is 18.7. The first-order valence-corrected chi connectivity index (χ1v) is 21.6. The zero-order valence-electron chi connectivity index (χ0n) is 32.9. The van der Waals surface area contributed by atoms with Gasteiger partial charge < -0.3 is 14.2 Å². The summed E-state index contributed by atoms with van der Waals surface area (Å²) in [5, 5.41) is 4.66. The van der Waals surface area contributed by atoms with Crippen LogP contribution in [0.3, 0.4) is 0 Å². The minimum absolute atomic E-state index is 0.0618. The molecule has 0 bridgehead atoms. The van der Waals surface area contributed by atoms with Gasteiger partial charge in [0.15, 0.2) is 0 Å². The summed E-state index contributed by atoms with van der Waals surface area (Å²) in [6.07, 6.45) is 0. The Morgan fingerprint density at radius 3 is 1.57 bits per heavy atom. The molecular formula is C48H48O6S2. The van der Waals surface area contributed by atoms with Crippen molar-refractivity contribution in [3.8, 4) is 17.2 Å². The average molecular weight is 785 g/mol. The maximum absolute atomic E-state index is 14.5. The topological polar surface area (TPSA) is 71.1 Å². The van der Waals surface area contributed by atoms with Gasteiger partial charge in [-0.2, -0.15) is 8.42 Å². The van der Waals surface area contributed by atoms with Crippen LogP contribution in [0.15, 0.2) is 171 Å². The van der Waals surface area contributed by atoms with Crippen molar-refractivity contribution in [2.24, 2.45) is 0 Å². The molecule has 0 amide bonds. The number of hydrogen-bond acceptors (Lipinski definition) is 6. The summed E-state index contributed by atoms with van der Waals surface area (Å²) in [5.74, 6) is 1.82. The lowest BCUT2D eigenvalue weighted by Crippen LogP contribution is -2.23. The standard InChI is InChI=1S/C48H48O6S2/c1-34-22-26-41(27-23-34)56(49,50)54-55(42-17-12-15-38(31-42)52-47(2,3)4,43-18-13-16-39(32-43)53-48(5,6)7)40-28-24-37(25-29-40)51-33-36-30-35-14-8-9-19-44(35)46-21-11-10-20-45(36)46/h8-32H,33H2,1-7H3. The van der Waals surface area contributed by atoms with Crippen LogP contribution in [-0.2, 0) is 20.4 Å². The predicted octanol–water partition coefficient (Wildman–Crippen LogP) is 12.8. The monoisotopic (exact) mass is 784 g/mol. The van der Waals surface area contributed by atoms with Gasteiger partial charge in [0.2, 0.25) is 0 Å². The van der Waals surface area contributed by atoms with Crippen molar-refractivity contribution in [3.05, 3.63) is 163 Å². The smallest absolute Gasteiger partial charge is 0.307 e. The van der Waals surface area contributed by atoms with E-state index < -0.39 is 31.6 Å². The van der Waals surface area contributed by atoms with Crippen molar-refractivity contribution < 1.29 is 26.3 Å². The predicted molar refractivity (Wildman–Crippen MR) is 228 cm³/mol. The molecule has 8 heteroatoms. The molecule has 0 aliphatic carbocycles. The van der Waals surface area contributed by atoms with Gasteiger partial charge >= 0.3 is 10.1 Å². The molecular weight excluding hydrogens is 737 g/mol. The third kappa shape index (κ3) is 8.58. The highest BCUT2D eigenvalue weighted by Gasteiger charge is 2.39. The van der Waals surface area contributed by atoms with Crippen LogP contribution in [-0.4, -0.2) is 19.6 Å². The van der Waals surface area contributed by atoms with E-state index >= 15 is 0 Å². The van der Waals surface area contributed by atoms with Crippen LogP contribution >= 0.6 is 10.3 Å². The van der Waals surface area contributed by atoms with Crippen molar-refractivity contribution in [3.63, 3.8) is 0 Å². The van der Waals surface area contributed by atoms with Crippen molar-refractivity contribution in [1.82, 2.24) is 0 Å². The molecule has 0 radical (unpaired) electrons. The second-order valence-corrected chi connectivity index (χ2v) is 20.3. The van der Waals surface area contributed by atoms with Crippen LogP contribution in [0.4, 0.5) is 0 Å². The molecule has 0 heterocycles. The lowest BCUT2D eigenvalue weighted by atomic mass is 9.98. The Hall–Kier alpha value is -5.28. The molecule has 0 N–H and O–H groups in total. The minimum Gasteiger partial charge on any atom is -0.489 e. The molecule has 6 nitrogen and oxygen atoms in total. The number of fused-ring (bicyclic) bond motifs is 3. The molecule has 0 aliphatic heterocycles. The van der Waals surface area contributed by atoms with Crippen LogP contribution < -0.4 is 14.2 Å². The fourth-order valence-corrected chi connectivity index (χ4v) is 11.9. The van der Waals surface area contributed by atoms with E-state index in [2.05, 4.69) is 42.5 Å². The van der Waals surface area contributed by atoms with Crippen LogP contribution in [0.2, 0.25) is 0 Å². The second-order valence-electron chi connectivity index (χ2n) is 15.8. The molecule has 7 rings (SSSR count). The molecule has 0 unspecified atom stereocenters. The highest BCUT2D eigenvalue weighted by molar-refractivity contribution is 8.33. The Morgan fingerprint density at radius 2 is 1.00 bits per heavy atom. The molecule has 0 saturated heterocycles. The molecule has 0 saturated carbocycles. The summed E-state index contributed by atoms with van der Waals surface area (Å²) in [7, 11) is -7.39. The summed E-state index contributed by atoms with van der Waals surface area (Å²) in [6.45, 7) is 14.1. The van der Waals surface area contributed by atoms with E-state index in [1.165, 1.54) is 10.8 Å². The Balaban J connectivity index is 1.37. The van der Waals surface area contributed by atoms with Gasteiger partial charge in [0.1, 0.15) is 35.1 Å². The fourth-order valence-electron chi connectivity index (χ4n) is 6.68. The largest absolute Gasteiger partial charge is 0.489 e. The molecule has 56 heavy (non-hydrogen) atoms. The second kappa shape index (κ2) is 15.3. The number of ether oxygens (including phenoxy) is 3. The molecule has 0 spiro atoms. The molecule has 0 aromatic heterocycles. The maximum Gasteiger partial charge on any atom is 0.307 e. The fraction of sp³-hybridized carbons (Fsp3) is 0.208. The van der Waals surface area contributed by atoms with Crippen LogP contribution in [0.5, 0.6) is 17.2 Å². The number of benzene rings is 7. The molecule has 7 aromatic carbocycles. The number of hydrogen-bond donors (Lipinski definition) is 0. The van der Waals surface area contributed by atoms with E-state index in [9.17, 15) is 8.42 Å². The first-order chi connectivity index (χ1) is 26.6. The van der Waals surface area contributed by atoms with E-state index in [1.807, 2.05) is 133 Å². The third-order valence-corrected chi connectivity index (χ3v) is 14.2. The van der Waals surface area contributed by atoms with Crippen LogP contribution in [0.25, 0.3) is 21.5 Å². The van der Waals surface area contributed by atoms with E-state index in [-0.39, 0.29) is 4.90 Å². The quantitative estimate of drug-likeness (QED) is 0.122. The number of aryl methyl sites for hydroxylation is 1.